The number of Topliss-reactive ketones (excluding diaryl/α,β-unsaturated/α-hetero) is 1. The molecule has 1 N–H and O–H groups in total. The fourth-order valence-corrected chi connectivity index (χ4v) is 5.25. The summed E-state index contributed by atoms with van der Waals surface area (Å²) >= 11 is 0. The zero-order valence-corrected chi connectivity index (χ0v) is 22.2. The van der Waals surface area contributed by atoms with Gasteiger partial charge in [0.05, 0.1) is 26.4 Å². The molecule has 0 saturated heterocycles. The van der Waals surface area contributed by atoms with E-state index in [1.54, 1.807) is 14.2 Å². The van der Waals surface area contributed by atoms with Crippen molar-refractivity contribution in [1.82, 2.24) is 5.32 Å². The number of methoxy groups -OCH3 is 2. The molecular weight excluding hydrogens is 470 g/mol. The minimum atomic E-state index is -0.491. The first-order chi connectivity index (χ1) is 17.9. The molecule has 2 aromatic rings. The van der Waals surface area contributed by atoms with Crippen molar-refractivity contribution in [2.45, 2.75) is 45.4 Å². The molecule has 1 heterocycles. The van der Waals surface area contributed by atoms with Gasteiger partial charge in [0.15, 0.2) is 17.3 Å². The maximum Gasteiger partial charge on any atom is 0.336 e. The van der Waals surface area contributed by atoms with Crippen molar-refractivity contribution in [1.29, 1.82) is 0 Å². The summed E-state index contributed by atoms with van der Waals surface area (Å²) in [7, 11) is 3.21. The van der Waals surface area contributed by atoms with E-state index >= 15 is 0 Å². The van der Waals surface area contributed by atoms with E-state index in [9.17, 15) is 9.59 Å². The van der Waals surface area contributed by atoms with E-state index in [0.717, 1.165) is 22.4 Å². The predicted molar refractivity (Wildman–Crippen MR) is 141 cm³/mol. The van der Waals surface area contributed by atoms with Gasteiger partial charge in [0.2, 0.25) is 0 Å². The number of esters is 1. The number of benzene rings is 2. The topological polar surface area (TPSA) is 83.1 Å². The Morgan fingerprint density at radius 1 is 0.973 bits per heavy atom. The largest absolute Gasteiger partial charge is 0.493 e. The van der Waals surface area contributed by atoms with Crippen LogP contribution in [-0.2, 0) is 19.1 Å². The number of allylic oxidation sites excluding steroid dienone is 3. The van der Waals surface area contributed by atoms with Crippen LogP contribution < -0.4 is 14.8 Å². The highest BCUT2D eigenvalue weighted by molar-refractivity contribution is 6.04. The second-order valence-corrected chi connectivity index (χ2v) is 9.38. The lowest BCUT2D eigenvalue weighted by Gasteiger charge is -2.37. The highest BCUT2D eigenvalue weighted by atomic mass is 16.6. The highest BCUT2D eigenvalue weighted by Crippen LogP contribution is 2.46. The number of hydrogen-bond donors (Lipinski definition) is 1. The number of rotatable bonds is 9. The predicted octanol–water partition coefficient (Wildman–Crippen LogP) is 4.95. The number of ether oxygens (including phenoxy) is 4. The molecule has 2 atom stereocenters. The zero-order valence-electron chi connectivity index (χ0n) is 22.2. The van der Waals surface area contributed by atoms with Crippen LogP contribution in [0.2, 0.25) is 0 Å². The lowest BCUT2D eigenvalue weighted by Crippen LogP contribution is -2.36. The molecule has 0 radical (unpaired) electrons. The van der Waals surface area contributed by atoms with Crippen molar-refractivity contribution >= 4 is 11.8 Å². The fourth-order valence-electron chi connectivity index (χ4n) is 5.25. The molecule has 0 spiro atoms. The molecule has 0 aromatic heterocycles. The number of dihydropyridines is 1. The molecule has 0 amide bonds. The molecule has 2 aromatic carbocycles. The van der Waals surface area contributed by atoms with E-state index in [1.807, 2.05) is 63.2 Å². The molecule has 0 unspecified atom stereocenters. The van der Waals surface area contributed by atoms with Crippen LogP contribution in [0.25, 0.3) is 0 Å². The van der Waals surface area contributed by atoms with E-state index in [2.05, 4.69) is 5.32 Å². The molecule has 7 heteroatoms. The van der Waals surface area contributed by atoms with Gasteiger partial charge in [-0.05, 0) is 56.4 Å². The van der Waals surface area contributed by atoms with Crippen LogP contribution in [0.15, 0.2) is 65.0 Å². The van der Waals surface area contributed by atoms with E-state index < -0.39 is 11.9 Å². The molecule has 1 aliphatic heterocycles. The van der Waals surface area contributed by atoms with Crippen molar-refractivity contribution in [3.8, 4) is 11.5 Å². The van der Waals surface area contributed by atoms with Crippen molar-refractivity contribution in [2.24, 2.45) is 0 Å². The average Bonchev–Trinajstić information content (AvgIpc) is 2.89. The number of hydrogen-bond acceptors (Lipinski definition) is 7. The van der Waals surface area contributed by atoms with E-state index in [-0.39, 0.29) is 18.3 Å². The van der Waals surface area contributed by atoms with Gasteiger partial charge in [-0.25, -0.2) is 4.79 Å². The Bertz CT molecular complexity index is 1240. The molecule has 1 aliphatic carbocycles. The lowest BCUT2D eigenvalue weighted by atomic mass is 9.71. The fraction of sp³-hybridized carbons (Fsp3) is 0.400. The lowest BCUT2D eigenvalue weighted by molar-refractivity contribution is -0.140. The van der Waals surface area contributed by atoms with Gasteiger partial charge in [-0.15, -0.1) is 0 Å². The summed E-state index contributed by atoms with van der Waals surface area (Å²) in [5.41, 5.74) is 5.64. The van der Waals surface area contributed by atoms with Gasteiger partial charge < -0.3 is 24.3 Å². The number of ketones is 1. The van der Waals surface area contributed by atoms with Gasteiger partial charge in [0, 0.05) is 35.9 Å². The summed E-state index contributed by atoms with van der Waals surface area (Å²) < 4.78 is 21.8. The number of carbonyl (C=O) groups is 2. The minimum Gasteiger partial charge on any atom is -0.493 e. The van der Waals surface area contributed by atoms with E-state index in [4.69, 9.17) is 18.9 Å². The van der Waals surface area contributed by atoms with E-state index in [1.165, 1.54) is 0 Å². The van der Waals surface area contributed by atoms with Crippen LogP contribution in [0.4, 0.5) is 0 Å². The number of aryl methyl sites for hydroxylation is 1. The van der Waals surface area contributed by atoms with Gasteiger partial charge in [0.1, 0.15) is 6.61 Å². The summed E-state index contributed by atoms with van der Waals surface area (Å²) in [6.07, 6.45) is 0.979. The molecule has 7 nitrogen and oxygen atoms in total. The van der Waals surface area contributed by atoms with Crippen molar-refractivity contribution in [2.75, 3.05) is 34.0 Å². The minimum absolute atomic E-state index is 0.0205. The monoisotopic (exact) mass is 505 g/mol. The molecule has 196 valence electrons. The van der Waals surface area contributed by atoms with Crippen LogP contribution >= 0.6 is 0 Å². The Morgan fingerprint density at radius 2 is 1.76 bits per heavy atom. The maximum atomic E-state index is 13.8. The zero-order chi connectivity index (χ0) is 26.5. The summed E-state index contributed by atoms with van der Waals surface area (Å²) in [5, 5.41) is 3.40. The molecule has 0 bridgehead atoms. The second-order valence-electron chi connectivity index (χ2n) is 9.38. The Kier molecular flexibility index (Phi) is 8.34. The van der Waals surface area contributed by atoms with Crippen molar-refractivity contribution in [3.05, 3.63) is 81.7 Å². The third-order valence-corrected chi connectivity index (χ3v) is 6.97. The third kappa shape index (κ3) is 5.57. The van der Waals surface area contributed by atoms with Crippen LogP contribution in [0.5, 0.6) is 11.5 Å². The summed E-state index contributed by atoms with van der Waals surface area (Å²) in [5.74, 6) is 0.355. The first-order valence-corrected chi connectivity index (χ1v) is 12.6. The van der Waals surface area contributed by atoms with Crippen LogP contribution in [0.1, 0.15) is 55.2 Å². The number of nitrogens with one attached hydrogen (secondary N) is 1. The van der Waals surface area contributed by atoms with Gasteiger partial charge in [-0.2, -0.15) is 0 Å². The highest BCUT2D eigenvalue weighted by Gasteiger charge is 2.41. The van der Waals surface area contributed by atoms with Gasteiger partial charge in [-0.3, -0.25) is 4.79 Å². The standard InChI is InChI=1S/C30H35NO6/c1-6-36-12-13-37-30(33)27-19(3)31-23-15-22(20-10-11-25(34-4)26(17-20)35-5)16-24(32)29(23)28(27)21-9-7-8-18(2)14-21/h7-11,14,17,22,28,31H,6,12-13,15-16H2,1-5H3/t22-,28+/m0/s1. The molecule has 0 fully saturated rings. The molecule has 37 heavy (non-hydrogen) atoms. The van der Waals surface area contributed by atoms with Gasteiger partial charge in [0.25, 0.3) is 0 Å². The summed E-state index contributed by atoms with van der Waals surface area (Å²) in [6.45, 7) is 6.81. The van der Waals surface area contributed by atoms with Gasteiger partial charge >= 0.3 is 5.97 Å². The first kappa shape index (κ1) is 26.5. The maximum absolute atomic E-state index is 13.8. The first-order valence-electron chi connectivity index (χ1n) is 12.6. The Morgan fingerprint density at radius 3 is 2.46 bits per heavy atom. The normalized spacial score (nSPS) is 19.3. The van der Waals surface area contributed by atoms with Crippen LogP contribution in [0.3, 0.4) is 0 Å². The molecule has 0 saturated carbocycles. The molecular formula is C30H35NO6. The Hall–Kier alpha value is -3.58. The van der Waals surface area contributed by atoms with E-state index in [0.29, 0.717) is 54.4 Å². The van der Waals surface area contributed by atoms with Gasteiger partial charge in [-0.1, -0.05) is 35.9 Å². The quantitative estimate of drug-likeness (QED) is 0.381. The van der Waals surface area contributed by atoms with Crippen LogP contribution in [0, 0.1) is 6.92 Å². The smallest absolute Gasteiger partial charge is 0.336 e. The summed E-state index contributed by atoms with van der Waals surface area (Å²) in [4.78, 5) is 27.1. The second kappa shape index (κ2) is 11.6. The SMILES string of the molecule is CCOCCOC(=O)C1=C(C)NC2=C(C(=O)C[C@@H](c3ccc(OC)c(OC)c3)C2)[C@@H]1c1cccc(C)c1. The third-order valence-electron chi connectivity index (χ3n) is 6.97. The molecule has 2 aliphatic rings. The number of carbonyl (C=O) groups excluding carboxylic acids is 2. The van der Waals surface area contributed by atoms with Crippen molar-refractivity contribution < 1.29 is 28.5 Å². The Balaban J connectivity index is 1.71. The van der Waals surface area contributed by atoms with Crippen LogP contribution in [-0.4, -0.2) is 45.8 Å². The van der Waals surface area contributed by atoms with Crippen molar-refractivity contribution in [3.63, 3.8) is 0 Å². The average molecular weight is 506 g/mol. The summed E-state index contributed by atoms with van der Waals surface area (Å²) in [6, 6.07) is 13.8. The Labute approximate surface area is 218 Å². The molecule has 4 rings (SSSR count).